The number of benzene rings is 2. The average molecular weight is 525 g/mol. The summed E-state index contributed by atoms with van der Waals surface area (Å²) in [6.45, 7) is 10.2. The van der Waals surface area contributed by atoms with Crippen LogP contribution in [0, 0.1) is 12.4 Å². The number of rotatable bonds is 8. The molecule has 0 saturated carbocycles. The SMILES string of the molecule is [C-]#[N+]C1(NNC(=O)c2ccc(OC)cc2)CCN(c2ccc(N3C[C@H](CNC(C)=O)OC3=O)cc2F)CC1. The van der Waals surface area contributed by atoms with Crippen LogP contribution in [0.15, 0.2) is 42.5 Å². The lowest BCUT2D eigenvalue weighted by molar-refractivity contribution is -0.119. The smallest absolute Gasteiger partial charge is 0.414 e. The molecular formula is C26H29FN6O5. The van der Waals surface area contributed by atoms with Crippen LogP contribution in [-0.4, -0.2) is 63.0 Å². The van der Waals surface area contributed by atoms with Crippen molar-refractivity contribution >= 4 is 29.3 Å². The minimum atomic E-state index is -1.02. The molecule has 0 aliphatic carbocycles. The molecule has 2 aliphatic heterocycles. The van der Waals surface area contributed by atoms with Crippen molar-refractivity contribution in [1.82, 2.24) is 16.2 Å². The van der Waals surface area contributed by atoms with Gasteiger partial charge in [0.25, 0.3) is 5.91 Å². The van der Waals surface area contributed by atoms with Crippen LogP contribution < -0.4 is 30.7 Å². The van der Waals surface area contributed by atoms with Crippen molar-refractivity contribution in [1.29, 1.82) is 0 Å². The first kappa shape index (κ1) is 26.7. The highest BCUT2D eigenvalue weighted by molar-refractivity contribution is 5.94. The zero-order valence-corrected chi connectivity index (χ0v) is 21.1. The molecule has 2 heterocycles. The summed E-state index contributed by atoms with van der Waals surface area (Å²) in [4.78, 5) is 42.7. The van der Waals surface area contributed by atoms with E-state index >= 15 is 4.39 Å². The minimum Gasteiger partial charge on any atom is -0.497 e. The van der Waals surface area contributed by atoms with E-state index in [0.29, 0.717) is 48.6 Å². The van der Waals surface area contributed by atoms with E-state index in [9.17, 15) is 14.4 Å². The van der Waals surface area contributed by atoms with Crippen molar-refractivity contribution in [2.45, 2.75) is 31.5 Å². The summed E-state index contributed by atoms with van der Waals surface area (Å²) >= 11 is 0. The Hall–Kier alpha value is -4.37. The predicted molar refractivity (Wildman–Crippen MR) is 137 cm³/mol. The Labute approximate surface area is 219 Å². The first-order valence-electron chi connectivity index (χ1n) is 12.1. The number of hydrogen-bond donors (Lipinski definition) is 3. The summed E-state index contributed by atoms with van der Waals surface area (Å²) in [7, 11) is 1.54. The summed E-state index contributed by atoms with van der Waals surface area (Å²) in [6, 6.07) is 11.1. The van der Waals surface area contributed by atoms with E-state index < -0.39 is 23.7 Å². The third-order valence-electron chi connectivity index (χ3n) is 6.60. The molecule has 2 aromatic carbocycles. The molecule has 0 aromatic heterocycles. The van der Waals surface area contributed by atoms with Crippen LogP contribution in [0.5, 0.6) is 5.75 Å². The first-order chi connectivity index (χ1) is 18.2. The molecule has 4 rings (SSSR count). The highest BCUT2D eigenvalue weighted by atomic mass is 19.1. The number of ether oxygens (including phenoxy) is 2. The van der Waals surface area contributed by atoms with Crippen molar-refractivity contribution in [3.63, 3.8) is 0 Å². The van der Waals surface area contributed by atoms with E-state index in [1.807, 2.05) is 4.90 Å². The number of piperidine rings is 1. The first-order valence-corrected chi connectivity index (χ1v) is 12.1. The van der Waals surface area contributed by atoms with Crippen molar-refractivity contribution < 1.29 is 28.2 Å². The number of anilines is 2. The summed E-state index contributed by atoms with van der Waals surface area (Å²) in [5.74, 6) is -0.476. The molecule has 0 spiro atoms. The van der Waals surface area contributed by atoms with E-state index in [2.05, 4.69) is 21.0 Å². The maximum atomic E-state index is 15.1. The molecule has 0 radical (unpaired) electrons. The minimum absolute atomic E-state index is 0.184. The fourth-order valence-corrected chi connectivity index (χ4v) is 4.39. The van der Waals surface area contributed by atoms with Gasteiger partial charge in [-0.3, -0.25) is 24.8 Å². The number of hydrogen-bond acceptors (Lipinski definition) is 7. The highest BCUT2D eigenvalue weighted by Gasteiger charge is 2.41. The number of methoxy groups -OCH3 is 1. The van der Waals surface area contributed by atoms with Gasteiger partial charge >= 0.3 is 11.8 Å². The molecule has 3 N–H and O–H groups in total. The van der Waals surface area contributed by atoms with Crippen LogP contribution in [0.3, 0.4) is 0 Å². The number of nitrogens with one attached hydrogen (secondary N) is 3. The zero-order valence-electron chi connectivity index (χ0n) is 21.1. The van der Waals surface area contributed by atoms with E-state index in [-0.39, 0.29) is 24.9 Å². The molecular weight excluding hydrogens is 495 g/mol. The van der Waals surface area contributed by atoms with E-state index in [0.717, 1.165) is 0 Å². The van der Waals surface area contributed by atoms with Gasteiger partial charge in [-0.05, 0) is 42.5 Å². The number of halogens is 1. The van der Waals surface area contributed by atoms with E-state index in [1.54, 1.807) is 43.5 Å². The third-order valence-corrected chi connectivity index (χ3v) is 6.60. The van der Waals surface area contributed by atoms with Gasteiger partial charge in [-0.2, -0.15) is 5.43 Å². The molecule has 2 fully saturated rings. The Bertz CT molecular complexity index is 1240. The standard InChI is InChI=1S/C26H29FN6O5/c1-17(34)29-15-21-16-33(25(36)38-21)19-6-9-23(22(27)14-19)32-12-10-26(28-2,11-13-32)31-30-24(35)18-4-7-20(37-3)8-5-18/h4-9,14,21,31H,10-13,15-16H2,1,3H3,(H,29,34)(H,30,35)/t21-/m0/s1. The molecule has 1 atom stereocenters. The molecule has 3 amide bonds. The summed E-state index contributed by atoms with van der Waals surface area (Å²) in [5.41, 5.74) is 5.62. The monoisotopic (exact) mass is 524 g/mol. The Morgan fingerprint density at radius 3 is 2.53 bits per heavy atom. The lowest BCUT2D eigenvalue weighted by atomic mass is 9.97. The largest absolute Gasteiger partial charge is 0.497 e. The Morgan fingerprint density at radius 2 is 1.92 bits per heavy atom. The second-order valence-electron chi connectivity index (χ2n) is 9.13. The van der Waals surface area contributed by atoms with Crippen molar-refractivity contribution in [3.05, 3.63) is 65.3 Å². The van der Waals surface area contributed by atoms with Crippen molar-refractivity contribution in [2.24, 2.45) is 0 Å². The molecule has 200 valence electrons. The highest BCUT2D eigenvalue weighted by Crippen LogP contribution is 2.32. The maximum Gasteiger partial charge on any atom is 0.414 e. The van der Waals surface area contributed by atoms with Gasteiger partial charge in [0, 0.05) is 25.6 Å². The number of hydrazine groups is 1. The molecule has 2 saturated heterocycles. The van der Waals surface area contributed by atoms with Gasteiger partial charge in [0.15, 0.2) is 0 Å². The summed E-state index contributed by atoms with van der Waals surface area (Å²) in [6.07, 6.45) is -0.418. The van der Waals surface area contributed by atoms with Gasteiger partial charge in [0.2, 0.25) is 5.91 Å². The second kappa shape index (κ2) is 11.4. The molecule has 2 aliphatic rings. The van der Waals surface area contributed by atoms with Gasteiger partial charge in [-0.15, -0.1) is 0 Å². The van der Waals surface area contributed by atoms with E-state index in [4.69, 9.17) is 16.0 Å². The average Bonchev–Trinajstić information content (AvgIpc) is 3.31. The number of carbonyl (C=O) groups excluding carboxylic acids is 3. The molecule has 0 bridgehead atoms. The normalized spacial score (nSPS) is 18.4. The van der Waals surface area contributed by atoms with Crippen LogP contribution in [0.4, 0.5) is 20.6 Å². The molecule has 2 aromatic rings. The number of carbonyl (C=O) groups is 3. The van der Waals surface area contributed by atoms with Gasteiger partial charge < -0.3 is 19.7 Å². The number of nitrogens with zero attached hydrogens (tertiary/aromatic N) is 3. The van der Waals surface area contributed by atoms with Crippen LogP contribution in [-0.2, 0) is 9.53 Å². The lowest BCUT2D eigenvalue weighted by Gasteiger charge is -2.35. The molecule has 11 nitrogen and oxygen atoms in total. The van der Waals surface area contributed by atoms with Gasteiger partial charge in [0.05, 0.1) is 44.4 Å². The van der Waals surface area contributed by atoms with Gasteiger partial charge in [0.1, 0.15) is 17.7 Å². The Kier molecular flexibility index (Phi) is 7.97. The third kappa shape index (κ3) is 5.95. The predicted octanol–water partition coefficient (Wildman–Crippen LogP) is 2.45. The summed E-state index contributed by atoms with van der Waals surface area (Å²) in [5, 5.41) is 2.61. The van der Waals surface area contributed by atoms with Crippen LogP contribution in [0.2, 0.25) is 0 Å². The second-order valence-corrected chi connectivity index (χ2v) is 9.13. The topological polar surface area (TPSA) is 117 Å². The fourth-order valence-electron chi connectivity index (χ4n) is 4.39. The van der Waals surface area contributed by atoms with Crippen LogP contribution in [0.25, 0.3) is 4.85 Å². The van der Waals surface area contributed by atoms with Crippen LogP contribution in [0.1, 0.15) is 30.1 Å². The Balaban J connectivity index is 1.34. The number of amides is 3. The number of cyclic esters (lactones) is 1. The fraction of sp³-hybridized carbons (Fsp3) is 0.385. The van der Waals surface area contributed by atoms with E-state index in [1.165, 1.54) is 17.9 Å². The molecule has 0 unspecified atom stereocenters. The zero-order chi connectivity index (χ0) is 27.3. The van der Waals surface area contributed by atoms with Crippen LogP contribution >= 0.6 is 0 Å². The van der Waals surface area contributed by atoms with Crippen molar-refractivity contribution in [3.8, 4) is 5.75 Å². The summed E-state index contributed by atoms with van der Waals surface area (Å²) < 4.78 is 25.5. The Morgan fingerprint density at radius 1 is 1.21 bits per heavy atom. The van der Waals surface area contributed by atoms with Gasteiger partial charge in [-0.25, -0.2) is 15.8 Å². The lowest BCUT2D eigenvalue weighted by Crippen LogP contribution is -2.57. The maximum absolute atomic E-state index is 15.1. The van der Waals surface area contributed by atoms with Gasteiger partial charge in [-0.1, -0.05) is 0 Å². The molecule has 12 heteroatoms. The molecule has 38 heavy (non-hydrogen) atoms. The van der Waals surface area contributed by atoms with Crippen molar-refractivity contribution in [2.75, 3.05) is 43.1 Å². The quantitative estimate of drug-likeness (QED) is 0.359.